The van der Waals surface area contributed by atoms with Gasteiger partial charge in [-0.3, -0.25) is 19.3 Å². The third-order valence-corrected chi connectivity index (χ3v) is 7.87. The zero-order valence-corrected chi connectivity index (χ0v) is 25.4. The van der Waals surface area contributed by atoms with Gasteiger partial charge < -0.3 is 14.8 Å². The fourth-order valence-corrected chi connectivity index (χ4v) is 5.04. The first-order chi connectivity index (χ1) is 20.5. The lowest BCUT2D eigenvalue weighted by molar-refractivity contribution is -0.128. The van der Waals surface area contributed by atoms with Crippen molar-refractivity contribution in [2.24, 2.45) is 0 Å². The van der Waals surface area contributed by atoms with E-state index in [-0.39, 0.29) is 42.2 Å². The molecule has 43 heavy (non-hydrogen) atoms. The van der Waals surface area contributed by atoms with E-state index in [0.29, 0.717) is 34.5 Å². The van der Waals surface area contributed by atoms with Crippen LogP contribution in [0.15, 0.2) is 60.7 Å². The van der Waals surface area contributed by atoms with Gasteiger partial charge in [0.2, 0.25) is 18.6 Å². The highest BCUT2D eigenvalue weighted by molar-refractivity contribution is 6.08. The molecule has 1 unspecified atom stereocenters. The monoisotopic (exact) mass is 583 g/mol. The second-order valence-electron chi connectivity index (χ2n) is 11.7. The Morgan fingerprint density at radius 3 is 2.30 bits per heavy atom. The van der Waals surface area contributed by atoms with Crippen LogP contribution in [-0.2, 0) is 16.1 Å². The average molecular weight is 584 g/mol. The van der Waals surface area contributed by atoms with E-state index in [1.54, 1.807) is 12.1 Å². The van der Waals surface area contributed by atoms with Crippen LogP contribution in [0.3, 0.4) is 0 Å². The SMILES string of the molecule is CCC(C)(C)NC(=O)C(c1ccc(C(C)C)cc1)N(C(=O)Cn1nnc2ccccc21)c1cc2c(cc1C(C)=O)OCO2. The molecule has 10 nitrogen and oxygen atoms in total. The maximum atomic E-state index is 14.5. The number of nitrogens with zero attached hydrogens (tertiary/aromatic N) is 4. The molecule has 0 fully saturated rings. The molecule has 4 aromatic rings. The molecule has 1 N–H and O–H groups in total. The molecule has 1 aliphatic rings. The Labute approximate surface area is 251 Å². The highest BCUT2D eigenvalue weighted by atomic mass is 16.7. The van der Waals surface area contributed by atoms with Gasteiger partial charge in [-0.1, -0.05) is 62.4 Å². The molecule has 0 spiro atoms. The van der Waals surface area contributed by atoms with Crippen molar-refractivity contribution in [3.05, 3.63) is 77.4 Å². The predicted octanol–water partition coefficient (Wildman–Crippen LogP) is 5.57. The second-order valence-corrected chi connectivity index (χ2v) is 11.7. The van der Waals surface area contributed by atoms with Crippen LogP contribution < -0.4 is 19.7 Å². The van der Waals surface area contributed by atoms with E-state index in [1.165, 1.54) is 16.5 Å². The number of ether oxygens (including phenoxy) is 2. The van der Waals surface area contributed by atoms with Crippen LogP contribution in [0.4, 0.5) is 5.69 Å². The molecule has 0 saturated heterocycles. The lowest BCUT2D eigenvalue weighted by atomic mass is 9.95. The number of ketones is 1. The van der Waals surface area contributed by atoms with Crippen LogP contribution in [0, 0.1) is 0 Å². The van der Waals surface area contributed by atoms with Crippen LogP contribution >= 0.6 is 0 Å². The minimum atomic E-state index is -1.12. The molecule has 2 amide bonds. The largest absolute Gasteiger partial charge is 0.454 e. The lowest BCUT2D eigenvalue weighted by Gasteiger charge is -2.35. The van der Waals surface area contributed by atoms with Crippen LogP contribution in [0.2, 0.25) is 0 Å². The van der Waals surface area contributed by atoms with Crippen LogP contribution in [0.25, 0.3) is 11.0 Å². The van der Waals surface area contributed by atoms with E-state index in [4.69, 9.17) is 9.47 Å². The number of amides is 2. The minimum Gasteiger partial charge on any atom is -0.454 e. The number of benzene rings is 3. The van der Waals surface area contributed by atoms with Crippen molar-refractivity contribution >= 4 is 34.3 Å². The van der Waals surface area contributed by atoms with Gasteiger partial charge in [-0.05, 0) is 62.4 Å². The summed E-state index contributed by atoms with van der Waals surface area (Å²) in [6.45, 7) is 11.2. The number of fused-ring (bicyclic) bond motifs is 2. The highest BCUT2D eigenvalue weighted by Gasteiger charge is 2.38. The Balaban J connectivity index is 1.71. The van der Waals surface area contributed by atoms with E-state index >= 15 is 0 Å². The average Bonchev–Trinajstić information content (AvgIpc) is 3.61. The second kappa shape index (κ2) is 11.9. The summed E-state index contributed by atoms with van der Waals surface area (Å²) in [4.78, 5) is 43.3. The van der Waals surface area contributed by atoms with Gasteiger partial charge >= 0.3 is 0 Å². The topological polar surface area (TPSA) is 116 Å². The standard InChI is InChI=1S/C33H37N5O5/c1-7-33(5,6)34-32(41)31(23-14-12-22(13-15-23)20(2)3)38(27-17-29-28(42-19-43-29)16-24(27)21(4)39)30(40)18-37-26-11-9-8-10-25(26)35-36-37/h8-17,20,31H,7,18-19H2,1-6H3,(H,34,41). The third-order valence-electron chi connectivity index (χ3n) is 7.87. The van der Waals surface area contributed by atoms with E-state index in [0.717, 1.165) is 5.56 Å². The number of carbonyl (C=O) groups excluding carboxylic acids is 3. The van der Waals surface area contributed by atoms with E-state index < -0.39 is 17.5 Å². The van der Waals surface area contributed by atoms with Crippen molar-refractivity contribution < 1.29 is 23.9 Å². The van der Waals surface area contributed by atoms with Gasteiger partial charge in [-0.25, -0.2) is 4.68 Å². The van der Waals surface area contributed by atoms with Crippen LogP contribution in [-0.4, -0.2) is 44.9 Å². The molecular formula is C33H37N5O5. The fourth-order valence-electron chi connectivity index (χ4n) is 5.04. The predicted molar refractivity (Wildman–Crippen MR) is 163 cm³/mol. The van der Waals surface area contributed by atoms with E-state index in [9.17, 15) is 14.4 Å². The van der Waals surface area contributed by atoms with Crippen molar-refractivity contribution in [1.29, 1.82) is 0 Å². The molecule has 0 bridgehead atoms. The third kappa shape index (κ3) is 6.09. The summed E-state index contributed by atoms with van der Waals surface area (Å²) in [6, 6.07) is 17.0. The van der Waals surface area contributed by atoms with Gasteiger partial charge in [0.05, 0.1) is 11.2 Å². The molecule has 5 rings (SSSR count). The number of para-hydroxylation sites is 1. The molecular weight excluding hydrogens is 546 g/mol. The van der Waals surface area contributed by atoms with Crippen molar-refractivity contribution in [2.75, 3.05) is 11.7 Å². The first-order valence-corrected chi connectivity index (χ1v) is 14.5. The lowest BCUT2D eigenvalue weighted by Crippen LogP contribution is -2.51. The van der Waals surface area contributed by atoms with E-state index in [2.05, 4.69) is 29.5 Å². The van der Waals surface area contributed by atoms with Gasteiger partial charge in [0, 0.05) is 17.2 Å². The number of aromatic nitrogens is 3. The number of nitrogens with one attached hydrogen (secondary N) is 1. The van der Waals surface area contributed by atoms with Crippen molar-refractivity contribution in [3.8, 4) is 11.5 Å². The molecule has 1 aromatic heterocycles. The Hall–Kier alpha value is -4.73. The van der Waals surface area contributed by atoms with Crippen LogP contribution in [0.1, 0.15) is 81.4 Å². The summed E-state index contributed by atoms with van der Waals surface area (Å²) < 4.78 is 12.7. The Morgan fingerprint density at radius 2 is 1.65 bits per heavy atom. The number of anilines is 1. The summed E-state index contributed by atoms with van der Waals surface area (Å²) in [5, 5.41) is 11.5. The summed E-state index contributed by atoms with van der Waals surface area (Å²) in [7, 11) is 0. The number of hydrogen-bond donors (Lipinski definition) is 1. The van der Waals surface area contributed by atoms with Gasteiger partial charge in [-0.15, -0.1) is 5.10 Å². The quantitative estimate of drug-likeness (QED) is 0.243. The maximum absolute atomic E-state index is 14.5. The molecule has 0 radical (unpaired) electrons. The Bertz CT molecular complexity index is 1680. The minimum absolute atomic E-state index is 0.0136. The molecule has 2 heterocycles. The van der Waals surface area contributed by atoms with Gasteiger partial charge in [0.1, 0.15) is 18.1 Å². The van der Waals surface area contributed by atoms with Gasteiger partial charge in [-0.2, -0.15) is 0 Å². The van der Waals surface area contributed by atoms with Crippen molar-refractivity contribution in [2.45, 2.75) is 72.0 Å². The van der Waals surface area contributed by atoms with Gasteiger partial charge in [0.25, 0.3) is 0 Å². The molecule has 10 heteroatoms. The maximum Gasteiger partial charge on any atom is 0.249 e. The smallest absolute Gasteiger partial charge is 0.249 e. The Morgan fingerprint density at radius 1 is 1.00 bits per heavy atom. The molecule has 1 aliphatic heterocycles. The number of Topliss-reactive ketones (excluding diaryl/α,β-unsaturated/α-hetero) is 1. The molecule has 0 saturated carbocycles. The number of rotatable bonds is 10. The van der Waals surface area contributed by atoms with Crippen molar-refractivity contribution in [3.63, 3.8) is 0 Å². The normalized spacial score (nSPS) is 13.3. The number of carbonyl (C=O) groups is 3. The van der Waals surface area contributed by atoms with E-state index in [1.807, 2.05) is 69.3 Å². The van der Waals surface area contributed by atoms with Gasteiger partial charge in [0.15, 0.2) is 17.3 Å². The molecule has 224 valence electrons. The molecule has 0 aliphatic carbocycles. The Kier molecular flexibility index (Phi) is 8.21. The first kappa shape index (κ1) is 29.8. The fraction of sp³-hybridized carbons (Fsp3) is 0.364. The van der Waals surface area contributed by atoms with Crippen molar-refractivity contribution in [1.82, 2.24) is 20.3 Å². The zero-order valence-electron chi connectivity index (χ0n) is 25.4. The molecule has 1 atom stereocenters. The van der Waals surface area contributed by atoms with Crippen LogP contribution in [0.5, 0.6) is 11.5 Å². The summed E-state index contributed by atoms with van der Waals surface area (Å²) in [5.74, 6) is -0.0740. The first-order valence-electron chi connectivity index (χ1n) is 14.5. The zero-order chi connectivity index (χ0) is 30.9. The summed E-state index contributed by atoms with van der Waals surface area (Å²) in [6.07, 6.45) is 0.666. The summed E-state index contributed by atoms with van der Waals surface area (Å²) in [5.41, 5.74) is 2.91. The highest BCUT2D eigenvalue weighted by Crippen LogP contribution is 2.41. The summed E-state index contributed by atoms with van der Waals surface area (Å²) >= 11 is 0. The molecule has 3 aromatic carbocycles. The number of hydrogen-bond acceptors (Lipinski definition) is 7.